The van der Waals surface area contributed by atoms with Crippen LogP contribution in [0.5, 0.6) is 0 Å². The normalized spacial score (nSPS) is 21.8. The summed E-state index contributed by atoms with van der Waals surface area (Å²) in [4.78, 5) is 19.0. The first-order chi connectivity index (χ1) is 19.8. The molecule has 0 spiro atoms. The lowest BCUT2D eigenvalue weighted by molar-refractivity contribution is 0.0973. The number of ether oxygens (including phenoxy) is 1. The van der Waals surface area contributed by atoms with Gasteiger partial charge in [-0.15, -0.1) is 0 Å². The smallest absolute Gasteiger partial charge is 0.226 e. The Bertz CT molecular complexity index is 1460. The zero-order valence-corrected chi connectivity index (χ0v) is 24.4. The molecule has 216 valence electrons. The van der Waals surface area contributed by atoms with E-state index in [1.54, 1.807) is 0 Å². The maximum absolute atomic E-state index is 13.9. The van der Waals surface area contributed by atoms with E-state index in [2.05, 4.69) is 33.2 Å². The zero-order chi connectivity index (χ0) is 28.7. The highest BCUT2D eigenvalue weighted by Gasteiger charge is 2.38. The molecule has 2 aromatic heterocycles. The average Bonchev–Trinajstić information content (AvgIpc) is 3.59. The average molecular weight is 581 g/mol. The van der Waals surface area contributed by atoms with Crippen molar-refractivity contribution in [2.75, 3.05) is 24.6 Å². The molecule has 41 heavy (non-hydrogen) atoms. The lowest BCUT2D eigenvalue weighted by Crippen LogP contribution is -2.58. The summed E-state index contributed by atoms with van der Waals surface area (Å²) >= 11 is 6.53. The van der Waals surface area contributed by atoms with Gasteiger partial charge in [-0.3, -0.25) is 4.90 Å². The quantitative estimate of drug-likeness (QED) is 0.238. The Balaban J connectivity index is 1.36. The van der Waals surface area contributed by atoms with Gasteiger partial charge >= 0.3 is 0 Å². The molecule has 0 saturated carbocycles. The van der Waals surface area contributed by atoms with E-state index in [9.17, 15) is 8.78 Å². The van der Waals surface area contributed by atoms with Crippen LogP contribution in [-0.2, 0) is 11.3 Å². The van der Waals surface area contributed by atoms with E-state index in [4.69, 9.17) is 26.3 Å². The number of fused-ring (bicyclic) bond motifs is 1. The number of rotatable bonds is 7. The summed E-state index contributed by atoms with van der Waals surface area (Å²) in [6.45, 7) is 9.19. The maximum atomic E-state index is 13.9. The van der Waals surface area contributed by atoms with Gasteiger partial charge in [-0.1, -0.05) is 31.2 Å². The van der Waals surface area contributed by atoms with Crippen molar-refractivity contribution >= 4 is 28.6 Å². The second-order valence-corrected chi connectivity index (χ2v) is 11.5. The van der Waals surface area contributed by atoms with E-state index in [0.717, 1.165) is 59.8 Å². The van der Waals surface area contributed by atoms with Crippen LogP contribution in [0, 0.1) is 18.6 Å². The SMILES string of the molecule is CC[C@@H]1CN(c2nc(Cl)nc3c2nc(C)n3CC2CCCO2)[C@@H](C)CN1C(c1ccc(F)cc1)c1ccc(F)cc1. The van der Waals surface area contributed by atoms with Gasteiger partial charge in [-0.05, 0) is 80.1 Å². The predicted molar refractivity (Wildman–Crippen MR) is 156 cm³/mol. The topological polar surface area (TPSA) is 59.3 Å². The van der Waals surface area contributed by atoms with E-state index < -0.39 is 0 Å². The van der Waals surface area contributed by atoms with E-state index in [1.165, 1.54) is 24.3 Å². The Morgan fingerprint density at radius 3 is 2.22 bits per heavy atom. The Labute approximate surface area is 244 Å². The number of anilines is 1. The first-order valence-corrected chi connectivity index (χ1v) is 14.8. The highest BCUT2D eigenvalue weighted by Crippen LogP contribution is 2.37. The van der Waals surface area contributed by atoms with Crippen molar-refractivity contribution in [2.24, 2.45) is 0 Å². The first-order valence-electron chi connectivity index (χ1n) is 14.4. The summed E-state index contributed by atoms with van der Waals surface area (Å²) in [6, 6.07) is 13.3. The molecule has 2 aliphatic rings. The van der Waals surface area contributed by atoms with Crippen LogP contribution >= 0.6 is 11.6 Å². The summed E-state index contributed by atoms with van der Waals surface area (Å²) in [5.74, 6) is 1.03. The van der Waals surface area contributed by atoms with Crippen LogP contribution in [0.15, 0.2) is 48.5 Å². The number of imidazole rings is 1. The van der Waals surface area contributed by atoms with Crippen LogP contribution in [0.2, 0.25) is 5.28 Å². The van der Waals surface area contributed by atoms with Gasteiger partial charge < -0.3 is 14.2 Å². The van der Waals surface area contributed by atoms with Crippen LogP contribution in [0.4, 0.5) is 14.6 Å². The molecule has 0 amide bonds. The number of aromatic nitrogens is 4. The fraction of sp³-hybridized carbons (Fsp3) is 0.452. The van der Waals surface area contributed by atoms with Gasteiger partial charge in [0.2, 0.25) is 5.28 Å². The Kier molecular flexibility index (Phi) is 7.94. The molecule has 0 radical (unpaired) electrons. The van der Waals surface area contributed by atoms with Crippen molar-refractivity contribution in [3.05, 3.63) is 82.4 Å². The second kappa shape index (κ2) is 11.6. The molecule has 6 rings (SSSR count). The molecule has 2 saturated heterocycles. The molecule has 0 bridgehead atoms. The molecule has 3 atom stereocenters. The van der Waals surface area contributed by atoms with Crippen LogP contribution in [0.3, 0.4) is 0 Å². The Morgan fingerprint density at radius 2 is 1.63 bits per heavy atom. The Hall–Kier alpha value is -3.14. The van der Waals surface area contributed by atoms with Gasteiger partial charge in [-0.2, -0.15) is 9.97 Å². The largest absolute Gasteiger partial charge is 0.376 e. The van der Waals surface area contributed by atoms with Crippen LogP contribution in [0.25, 0.3) is 11.2 Å². The van der Waals surface area contributed by atoms with Crippen molar-refractivity contribution in [1.82, 2.24) is 24.4 Å². The van der Waals surface area contributed by atoms with E-state index in [0.29, 0.717) is 19.6 Å². The monoisotopic (exact) mass is 580 g/mol. The Morgan fingerprint density at radius 1 is 0.976 bits per heavy atom. The molecule has 0 N–H and O–H groups in total. The van der Waals surface area contributed by atoms with Gasteiger partial charge in [-0.25, -0.2) is 13.8 Å². The third-order valence-electron chi connectivity index (χ3n) is 8.48. The molecule has 4 heterocycles. The molecule has 10 heteroatoms. The summed E-state index contributed by atoms with van der Waals surface area (Å²) in [5, 5.41) is 0.194. The molecule has 2 aromatic carbocycles. The first kappa shape index (κ1) is 28.0. The molecular formula is C31H35ClF2N6O. The van der Waals surface area contributed by atoms with E-state index in [1.807, 2.05) is 31.2 Å². The lowest BCUT2D eigenvalue weighted by Gasteiger charge is -2.49. The number of halogens is 3. The third kappa shape index (κ3) is 5.55. The molecule has 7 nitrogen and oxygen atoms in total. The summed E-state index contributed by atoms with van der Waals surface area (Å²) in [6.07, 6.45) is 3.10. The number of aryl methyl sites for hydroxylation is 1. The standard InChI is InChI=1S/C31H35ClF2N6O/c1-4-25-17-38(29-27-30(37-31(32)36-29)39(20(3)35-27)18-26-6-5-15-41-26)19(2)16-40(25)28(21-7-11-23(33)12-8-21)22-9-13-24(34)14-10-22/h7-14,19,25-26,28H,4-6,15-18H2,1-3H3/t19-,25+,26?/m0/s1. The van der Waals surface area contributed by atoms with Gasteiger partial charge in [0.1, 0.15) is 17.5 Å². The van der Waals surface area contributed by atoms with Crippen molar-refractivity contribution < 1.29 is 13.5 Å². The zero-order valence-electron chi connectivity index (χ0n) is 23.6. The fourth-order valence-corrected chi connectivity index (χ4v) is 6.55. The molecule has 2 aliphatic heterocycles. The van der Waals surface area contributed by atoms with E-state index >= 15 is 0 Å². The van der Waals surface area contributed by atoms with Crippen LogP contribution in [-0.4, -0.2) is 62.3 Å². The van der Waals surface area contributed by atoms with Crippen molar-refractivity contribution in [1.29, 1.82) is 0 Å². The van der Waals surface area contributed by atoms with Crippen LogP contribution in [0.1, 0.15) is 56.1 Å². The number of benzene rings is 2. The maximum Gasteiger partial charge on any atom is 0.226 e. The molecule has 0 aliphatic carbocycles. The third-order valence-corrected chi connectivity index (χ3v) is 8.65. The number of piperazine rings is 1. The van der Waals surface area contributed by atoms with Crippen molar-refractivity contribution in [3.63, 3.8) is 0 Å². The fourth-order valence-electron chi connectivity index (χ4n) is 6.39. The van der Waals surface area contributed by atoms with Crippen molar-refractivity contribution in [2.45, 2.75) is 70.8 Å². The minimum absolute atomic E-state index is 0.0546. The van der Waals surface area contributed by atoms with Gasteiger partial charge in [0, 0.05) is 31.8 Å². The summed E-state index contributed by atoms with van der Waals surface area (Å²) < 4.78 is 35.8. The predicted octanol–water partition coefficient (Wildman–Crippen LogP) is 6.32. The lowest BCUT2D eigenvalue weighted by atomic mass is 9.92. The summed E-state index contributed by atoms with van der Waals surface area (Å²) in [5.41, 5.74) is 3.40. The van der Waals surface area contributed by atoms with Gasteiger partial charge in [0.15, 0.2) is 17.0 Å². The van der Waals surface area contributed by atoms with Crippen molar-refractivity contribution in [3.8, 4) is 0 Å². The highest BCUT2D eigenvalue weighted by atomic mass is 35.5. The van der Waals surface area contributed by atoms with Crippen LogP contribution < -0.4 is 4.90 Å². The minimum atomic E-state index is -0.282. The molecule has 1 unspecified atom stereocenters. The summed E-state index contributed by atoms with van der Waals surface area (Å²) in [7, 11) is 0. The van der Waals surface area contributed by atoms with E-state index in [-0.39, 0.29) is 41.1 Å². The van der Waals surface area contributed by atoms with Gasteiger partial charge in [0.05, 0.1) is 18.7 Å². The highest BCUT2D eigenvalue weighted by molar-refractivity contribution is 6.28. The molecular weight excluding hydrogens is 546 g/mol. The van der Waals surface area contributed by atoms with Gasteiger partial charge in [0.25, 0.3) is 0 Å². The second-order valence-electron chi connectivity index (χ2n) is 11.2. The molecule has 2 fully saturated rings. The number of hydrogen-bond acceptors (Lipinski definition) is 6. The number of nitrogens with zero attached hydrogens (tertiary/aromatic N) is 6. The molecule has 4 aromatic rings. The number of hydrogen-bond donors (Lipinski definition) is 0. The minimum Gasteiger partial charge on any atom is -0.376 e.